The van der Waals surface area contributed by atoms with Gasteiger partial charge in [0.05, 0.1) is 12.0 Å². The molecule has 1 saturated heterocycles. The molecular formula is C21H25N5O2. The molecule has 1 fully saturated rings. The largest absolute Gasteiger partial charge is 0.348 e. The van der Waals surface area contributed by atoms with Crippen molar-refractivity contribution >= 4 is 11.8 Å². The molecule has 146 valence electrons. The van der Waals surface area contributed by atoms with Crippen LogP contribution in [0.5, 0.6) is 0 Å². The van der Waals surface area contributed by atoms with E-state index in [0.29, 0.717) is 32.5 Å². The Morgan fingerprint density at radius 1 is 1.14 bits per heavy atom. The third-order valence-electron chi connectivity index (χ3n) is 5.96. The van der Waals surface area contributed by atoms with Crippen LogP contribution in [0.15, 0.2) is 43.0 Å². The predicted molar refractivity (Wildman–Crippen MR) is 104 cm³/mol. The number of aryl methyl sites for hydroxylation is 1. The van der Waals surface area contributed by atoms with Gasteiger partial charge in [0.1, 0.15) is 5.82 Å². The van der Waals surface area contributed by atoms with E-state index in [-0.39, 0.29) is 11.8 Å². The van der Waals surface area contributed by atoms with E-state index in [2.05, 4.69) is 26.7 Å². The third kappa shape index (κ3) is 3.21. The molecule has 4 rings (SSSR count). The zero-order valence-electron chi connectivity index (χ0n) is 15.9. The van der Waals surface area contributed by atoms with Gasteiger partial charge in [0.15, 0.2) is 5.82 Å². The van der Waals surface area contributed by atoms with E-state index >= 15 is 0 Å². The first-order valence-corrected chi connectivity index (χ1v) is 9.80. The van der Waals surface area contributed by atoms with Crippen molar-refractivity contribution in [2.45, 2.75) is 44.2 Å². The van der Waals surface area contributed by atoms with Gasteiger partial charge in [-0.1, -0.05) is 36.9 Å². The van der Waals surface area contributed by atoms with Crippen LogP contribution < -0.4 is 5.32 Å². The fourth-order valence-corrected chi connectivity index (χ4v) is 4.31. The Morgan fingerprint density at radius 2 is 1.89 bits per heavy atom. The van der Waals surface area contributed by atoms with Gasteiger partial charge in [-0.25, -0.2) is 0 Å². The molecule has 2 aromatic rings. The lowest BCUT2D eigenvalue weighted by Crippen LogP contribution is -2.52. The van der Waals surface area contributed by atoms with Crippen molar-refractivity contribution in [2.75, 3.05) is 13.1 Å². The van der Waals surface area contributed by atoms with E-state index in [1.165, 1.54) is 6.08 Å². The molecule has 0 aliphatic carbocycles. The van der Waals surface area contributed by atoms with Crippen molar-refractivity contribution < 1.29 is 9.59 Å². The highest BCUT2D eigenvalue weighted by Crippen LogP contribution is 2.36. The molecule has 2 aliphatic rings. The van der Waals surface area contributed by atoms with Crippen LogP contribution in [0.3, 0.4) is 0 Å². The van der Waals surface area contributed by atoms with Crippen molar-refractivity contribution in [1.29, 1.82) is 0 Å². The standard InChI is InChI=1S/C21H25N5O2/c1-2-19(27)25-13-10-21(11-14-25,16-7-4-3-5-8-16)20(28)22-15-18-24-23-17-9-6-12-26(17)18/h2-5,7-8H,1,6,9-15H2,(H,22,28). The summed E-state index contributed by atoms with van der Waals surface area (Å²) in [6.07, 6.45) is 4.52. The molecule has 0 saturated carbocycles. The lowest BCUT2D eigenvalue weighted by molar-refractivity contribution is -0.134. The zero-order chi connectivity index (χ0) is 19.6. The average molecular weight is 379 g/mol. The van der Waals surface area contributed by atoms with Crippen LogP contribution in [0, 0.1) is 0 Å². The zero-order valence-corrected chi connectivity index (χ0v) is 15.9. The monoisotopic (exact) mass is 379 g/mol. The maximum atomic E-state index is 13.4. The van der Waals surface area contributed by atoms with E-state index in [0.717, 1.165) is 36.6 Å². The second kappa shape index (κ2) is 7.58. The maximum absolute atomic E-state index is 13.4. The minimum atomic E-state index is -0.646. The second-order valence-corrected chi connectivity index (χ2v) is 7.45. The molecule has 0 radical (unpaired) electrons. The molecule has 7 heteroatoms. The Morgan fingerprint density at radius 3 is 2.61 bits per heavy atom. The summed E-state index contributed by atoms with van der Waals surface area (Å²) in [5.74, 6) is 1.71. The van der Waals surface area contributed by atoms with Crippen LogP contribution >= 0.6 is 0 Å². The van der Waals surface area contributed by atoms with Crippen LogP contribution in [0.4, 0.5) is 0 Å². The van der Waals surface area contributed by atoms with Gasteiger partial charge in [-0.2, -0.15) is 0 Å². The summed E-state index contributed by atoms with van der Waals surface area (Å²) in [4.78, 5) is 27.1. The fourth-order valence-electron chi connectivity index (χ4n) is 4.31. The summed E-state index contributed by atoms with van der Waals surface area (Å²) in [7, 11) is 0. The van der Waals surface area contributed by atoms with E-state index in [9.17, 15) is 9.59 Å². The van der Waals surface area contributed by atoms with E-state index < -0.39 is 5.41 Å². The van der Waals surface area contributed by atoms with Crippen LogP contribution in [-0.2, 0) is 34.5 Å². The van der Waals surface area contributed by atoms with Crippen molar-refractivity contribution in [2.24, 2.45) is 0 Å². The maximum Gasteiger partial charge on any atom is 0.245 e. The van der Waals surface area contributed by atoms with Gasteiger partial charge < -0.3 is 14.8 Å². The summed E-state index contributed by atoms with van der Waals surface area (Å²) < 4.78 is 2.10. The molecule has 0 bridgehead atoms. The van der Waals surface area contributed by atoms with E-state index in [4.69, 9.17) is 0 Å². The number of carbonyl (C=O) groups excluding carboxylic acids is 2. The molecule has 7 nitrogen and oxygen atoms in total. The smallest absolute Gasteiger partial charge is 0.245 e. The number of amides is 2. The number of carbonyl (C=O) groups is 2. The SMILES string of the molecule is C=CC(=O)N1CCC(C(=O)NCc2nnc3n2CCC3)(c2ccccc2)CC1. The van der Waals surface area contributed by atoms with Crippen molar-refractivity contribution in [1.82, 2.24) is 25.0 Å². The second-order valence-electron chi connectivity index (χ2n) is 7.45. The number of hydrogen-bond acceptors (Lipinski definition) is 4. The van der Waals surface area contributed by atoms with Crippen molar-refractivity contribution in [3.63, 3.8) is 0 Å². The predicted octanol–water partition coefficient (Wildman–Crippen LogP) is 1.59. The van der Waals surface area contributed by atoms with Crippen molar-refractivity contribution in [3.8, 4) is 0 Å². The quantitative estimate of drug-likeness (QED) is 0.800. The van der Waals surface area contributed by atoms with Gasteiger partial charge in [-0.05, 0) is 30.9 Å². The molecule has 1 aromatic carbocycles. The molecule has 3 heterocycles. The number of aromatic nitrogens is 3. The van der Waals surface area contributed by atoms with Crippen LogP contribution in [0.2, 0.25) is 0 Å². The van der Waals surface area contributed by atoms with E-state index in [1.807, 2.05) is 30.3 Å². The first kappa shape index (κ1) is 18.4. The fraction of sp³-hybridized carbons (Fsp3) is 0.429. The van der Waals surface area contributed by atoms with Gasteiger partial charge in [-0.15, -0.1) is 10.2 Å². The Hall–Kier alpha value is -2.96. The molecular weight excluding hydrogens is 354 g/mol. The third-order valence-corrected chi connectivity index (χ3v) is 5.96. The van der Waals surface area contributed by atoms with Crippen LogP contribution in [-0.4, -0.2) is 44.6 Å². The normalized spacial score (nSPS) is 17.8. The molecule has 1 aromatic heterocycles. The molecule has 2 amide bonds. The van der Waals surface area contributed by atoms with E-state index in [1.54, 1.807) is 4.90 Å². The minimum Gasteiger partial charge on any atom is -0.348 e. The first-order valence-electron chi connectivity index (χ1n) is 9.80. The molecule has 1 N–H and O–H groups in total. The number of piperidine rings is 1. The summed E-state index contributed by atoms with van der Waals surface area (Å²) in [5, 5.41) is 11.5. The van der Waals surface area contributed by atoms with Crippen LogP contribution in [0.25, 0.3) is 0 Å². The summed E-state index contributed by atoms with van der Waals surface area (Å²) in [6.45, 7) is 5.92. The highest BCUT2D eigenvalue weighted by atomic mass is 16.2. The Kier molecular flexibility index (Phi) is 4.98. The van der Waals surface area contributed by atoms with Gasteiger partial charge in [0.2, 0.25) is 11.8 Å². The minimum absolute atomic E-state index is 0.0141. The number of fused-ring (bicyclic) bond motifs is 1. The lowest BCUT2D eigenvalue weighted by atomic mass is 9.72. The number of likely N-dealkylation sites (tertiary alicyclic amines) is 1. The summed E-state index contributed by atoms with van der Waals surface area (Å²) in [6, 6.07) is 9.86. The number of hydrogen-bond donors (Lipinski definition) is 1. The molecule has 28 heavy (non-hydrogen) atoms. The number of rotatable bonds is 5. The Bertz CT molecular complexity index is 881. The topological polar surface area (TPSA) is 80.1 Å². The molecule has 0 atom stereocenters. The molecule has 2 aliphatic heterocycles. The molecule has 0 unspecified atom stereocenters. The van der Waals surface area contributed by atoms with Gasteiger partial charge in [0, 0.05) is 26.1 Å². The Balaban J connectivity index is 1.53. The average Bonchev–Trinajstić information content (AvgIpc) is 3.36. The highest BCUT2D eigenvalue weighted by Gasteiger charge is 2.43. The number of benzene rings is 1. The van der Waals surface area contributed by atoms with Gasteiger partial charge in [0.25, 0.3) is 0 Å². The first-order chi connectivity index (χ1) is 13.6. The highest BCUT2D eigenvalue weighted by molar-refractivity contribution is 5.90. The molecule has 0 spiro atoms. The number of nitrogens with zero attached hydrogens (tertiary/aromatic N) is 4. The van der Waals surface area contributed by atoms with Crippen LogP contribution in [0.1, 0.15) is 36.5 Å². The van der Waals surface area contributed by atoms with Gasteiger partial charge in [-0.3, -0.25) is 9.59 Å². The summed E-state index contributed by atoms with van der Waals surface area (Å²) >= 11 is 0. The van der Waals surface area contributed by atoms with Gasteiger partial charge >= 0.3 is 0 Å². The Labute approximate surface area is 164 Å². The lowest BCUT2D eigenvalue weighted by Gasteiger charge is -2.40. The summed E-state index contributed by atoms with van der Waals surface area (Å²) in [5.41, 5.74) is 0.345. The van der Waals surface area contributed by atoms with Crippen molar-refractivity contribution in [3.05, 3.63) is 60.2 Å². The number of nitrogens with one attached hydrogen (secondary N) is 1.